The van der Waals surface area contributed by atoms with Crippen molar-refractivity contribution in [1.82, 2.24) is 20.1 Å². The van der Waals surface area contributed by atoms with Gasteiger partial charge in [0.1, 0.15) is 0 Å². The number of hydrogen-bond donors (Lipinski definition) is 2. The number of nitrogens with zero attached hydrogens (tertiary/aromatic N) is 3. The lowest BCUT2D eigenvalue weighted by Gasteiger charge is -2.36. The van der Waals surface area contributed by atoms with Crippen LogP contribution in [0.1, 0.15) is 42.5 Å². The van der Waals surface area contributed by atoms with E-state index in [1.54, 1.807) is 16.9 Å². The molecule has 5 rings (SSSR count). The summed E-state index contributed by atoms with van der Waals surface area (Å²) >= 11 is 0. The van der Waals surface area contributed by atoms with Gasteiger partial charge in [-0.05, 0) is 37.3 Å². The number of nitrogens with one attached hydrogen (secondary N) is 1. The van der Waals surface area contributed by atoms with Crippen molar-refractivity contribution in [3.8, 4) is 0 Å². The average molecular weight is 526 g/mol. The highest BCUT2D eigenvalue weighted by Crippen LogP contribution is 2.50. The molecule has 0 radical (unpaired) electrons. The summed E-state index contributed by atoms with van der Waals surface area (Å²) in [5.74, 6) is -0.590. The summed E-state index contributed by atoms with van der Waals surface area (Å²) in [6.45, 7) is 2.28. The number of primary amides is 1. The zero-order chi connectivity index (χ0) is 26.4. The highest BCUT2D eigenvalue weighted by atomic mass is 19.4. The minimum atomic E-state index is -4.50. The first-order chi connectivity index (χ1) is 17.6. The summed E-state index contributed by atoms with van der Waals surface area (Å²) in [6.07, 6.45) is -0.136. The fourth-order valence-electron chi connectivity index (χ4n) is 6.66. The van der Waals surface area contributed by atoms with Gasteiger partial charge in [0, 0.05) is 75.7 Å². The smallest absolute Gasteiger partial charge is 0.379 e. The molecule has 5 atom stereocenters. The SMILES string of the molecule is CO[C@@H]1COCC[C@@H]1N[C@H]1CC[C@@]2(C1)CN(C(N)=O)CC2C(=O)N1CCc2ncc(C(F)(F)F)cc2C1. The van der Waals surface area contributed by atoms with E-state index in [0.717, 1.165) is 31.5 Å². The second-order valence-corrected chi connectivity index (χ2v) is 10.8. The Morgan fingerprint density at radius 1 is 1.30 bits per heavy atom. The molecule has 4 aliphatic rings. The lowest BCUT2D eigenvalue weighted by molar-refractivity contribution is -0.139. The van der Waals surface area contributed by atoms with E-state index >= 15 is 0 Å². The van der Waals surface area contributed by atoms with Crippen molar-refractivity contribution >= 4 is 11.9 Å². The fraction of sp³-hybridized carbons (Fsp3) is 0.720. The third-order valence-electron chi connectivity index (χ3n) is 8.64. The molecule has 37 heavy (non-hydrogen) atoms. The molecule has 9 nitrogen and oxygen atoms in total. The molecule has 1 saturated carbocycles. The number of likely N-dealkylation sites (tertiary alicyclic amines) is 1. The summed E-state index contributed by atoms with van der Waals surface area (Å²) in [7, 11) is 1.67. The summed E-state index contributed by atoms with van der Waals surface area (Å²) in [5.41, 5.74) is 5.40. The van der Waals surface area contributed by atoms with Gasteiger partial charge < -0.3 is 30.3 Å². The van der Waals surface area contributed by atoms with Crippen molar-refractivity contribution in [2.45, 2.75) is 63.0 Å². The molecule has 0 aromatic carbocycles. The fourth-order valence-corrected chi connectivity index (χ4v) is 6.66. The molecule has 2 saturated heterocycles. The number of hydrogen-bond acceptors (Lipinski definition) is 6. The maximum absolute atomic E-state index is 13.9. The van der Waals surface area contributed by atoms with E-state index in [4.69, 9.17) is 15.2 Å². The lowest BCUT2D eigenvalue weighted by atomic mass is 9.75. The average Bonchev–Trinajstić information content (AvgIpc) is 3.46. The molecule has 1 unspecified atom stereocenters. The normalized spacial score (nSPS) is 32.1. The third-order valence-corrected chi connectivity index (χ3v) is 8.64. The zero-order valence-corrected chi connectivity index (χ0v) is 20.9. The number of methoxy groups -OCH3 is 1. The van der Waals surface area contributed by atoms with Gasteiger partial charge in [0.15, 0.2) is 0 Å². The van der Waals surface area contributed by atoms with E-state index in [2.05, 4.69) is 10.3 Å². The van der Waals surface area contributed by atoms with Crippen LogP contribution < -0.4 is 11.1 Å². The Kier molecular flexibility index (Phi) is 7.10. The van der Waals surface area contributed by atoms with Crippen LogP contribution in [0.25, 0.3) is 0 Å². The van der Waals surface area contributed by atoms with E-state index in [1.165, 1.54) is 0 Å². The summed E-state index contributed by atoms with van der Waals surface area (Å²) < 4.78 is 50.8. The molecule has 4 heterocycles. The number of aromatic nitrogens is 1. The van der Waals surface area contributed by atoms with Gasteiger partial charge in [-0.1, -0.05) is 0 Å². The molecule has 3 N–H and O–H groups in total. The molecule has 1 aromatic rings. The van der Waals surface area contributed by atoms with Crippen LogP contribution in [0.15, 0.2) is 12.3 Å². The van der Waals surface area contributed by atoms with E-state index in [-0.39, 0.29) is 37.2 Å². The topological polar surface area (TPSA) is 110 Å². The lowest BCUT2D eigenvalue weighted by Crippen LogP contribution is -2.51. The number of alkyl halides is 3. The maximum Gasteiger partial charge on any atom is 0.417 e. The number of amides is 3. The molecule has 1 aromatic heterocycles. The Hall–Kier alpha value is -2.44. The Labute approximate surface area is 213 Å². The molecule has 3 fully saturated rings. The van der Waals surface area contributed by atoms with Crippen LogP contribution in [0.5, 0.6) is 0 Å². The largest absolute Gasteiger partial charge is 0.417 e. The van der Waals surface area contributed by atoms with Crippen molar-refractivity contribution in [3.63, 3.8) is 0 Å². The van der Waals surface area contributed by atoms with E-state index < -0.39 is 29.1 Å². The Morgan fingerprint density at radius 2 is 2.11 bits per heavy atom. The predicted molar refractivity (Wildman–Crippen MR) is 126 cm³/mol. The Morgan fingerprint density at radius 3 is 2.84 bits per heavy atom. The molecule has 1 aliphatic carbocycles. The van der Waals surface area contributed by atoms with Crippen molar-refractivity contribution in [3.05, 3.63) is 29.1 Å². The quantitative estimate of drug-likeness (QED) is 0.622. The molecule has 0 bridgehead atoms. The second kappa shape index (κ2) is 10.0. The second-order valence-electron chi connectivity index (χ2n) is 10.8. The van der Waals surface area contributed by atoms with Gasteiger partial charge in [-0.25, -0.2) is 4.79 Å². The van der Waals surface area contributed by atoms with Crippen molar-refractivity contribution in [2.75, 3.05) is 40.0 Å². The van der Waals surface area contributed by atoms with Crippen LogP contribution in [0.4, 0.5) is 18.0 Å². The number of carbonyl (C=O) groups excluding carboxylic acids is 2. The van der Waals surface area contributed by atoms with Crippen LogP contribution >= 0.6 is 0 Å². The van der Waals surface area contributed by atoms with Gasteiger partial charge in [0.05, 0.1) is 24.2 Å². The molecular weight excluding hydrogens is 491 g/mol. The van der Waals surface area contributed by atoms with Gasteiger partial charge >= 0.3 is 12.2 Å². The summed E-state index contributed by atoms with van der Waals surface area (Å²) in [4.78, 5) is 33.2. The first-order valence-corrected chi connectivity index (χ1v) is 12.8. The van der Waals surface area contributed by atoms with Gasteiger partial charge in [0.2, 0.25) is 5.91 Å². The number of ether oxygens (including phenoxy) is 2. The first-order valence-electron chi connectivity index (χ1n) is 12.8. The van der Waals surface area contributed by atoms with Crippen LogP contribution in [-0.2, 0) is 33.4 Å². The first kappa shape index (κ1) is 26.2. The highest BCUT2D eigenvalue weighted by molar-refractivity contribution is 5.82. The van der Waals surface area contributed by atoms with E-state index in [0.29, 0.717) is 50.4 Å². The third kappa shape index (κ3) is 5.15. The van der Waals surface area contributed by atoms with Gasteiger partial charge in [-0.15, -0.1) is 0 Å². The standard InChI is InChI=1S/C25H34F3N5O4/c1-36-21-13-37-7-4-20(21)31-17-2-5-24(9-17)14-33(23(29)35)12-18(24)22(34)32-6-3-19-15(11-32)8-16(10-30-19)25(26,27)28/h8,10,17-18,20-21,31H,2-7,9,11-14H2,1H3,(H2,29,35)/t17-,18?,20-,21+,24+/m0/s1. The van der Waals surface area contributed by atoms with Crippen LogP contribution in [0, 0.1) is 11.3 Å². The van der Waals surface area contributed by atoms with Gasteiger partial charge in [0.25, 0.3) is 0 Å². The minimum absolute atomic E-state index is 0.0444. The monoisotopic (exact) mass is 525 g/mol. The van der Waals surface area contributed by atoms with Crippen LogP contribution in [0.3, 0.4) is 0 Å². The van der Waals surface area contributed by atoms with Crippen molar-refractivity contribution < 1.29 is 32.2 Å². The van der Waals surface area contributed by atoms with Crippen LogP contribution in [0.2, 0.25) is 0 Å². The number of pyridine rings is 1. The van der Waals surface area contributed by atoms with E-state index in [1.807, 2.05) is 0 Å². The highest BCUT2D eigenvalue weighted by Gasteiger charge is 2.55. The number of halogens is 3. The van der Waals surface area contributed by atoms with Crippen molar-refractivity contribution in [2.24, 2.45) is 17.1 Å². The number of fused-ring (bicyclic) bond motifs is 1. The Balaban J connectivity index is 1.32. The number of urea groups is 1. The number of rotatable bonds is 4. The molecule has 204 valence electrons. The molecular formula is C25H34F3N5O4. The predicted octanol–water partition coefficient (Wildman–Crippen LogP) is 1.93. The summed E-state index contributed by atoms with van der Waals surface area (Å²) in [6, 6.07) is 0.843. The zero-order valence-electron chi connectivity index (χ0n) is 20.9. The Bertz CT molecular complexity index is 1040. The molecule has 3 amide bonds. The van der Waals surface area contributed by atoms with Crippen molar-refractivity contribution in [1.29, 1.82) is 0 Å². The number of nitrogens with two attached hydrogens (primary N) is 1. The molecule has 12 heteroatoms. The van der Waals surface area contributed by atoms with Crippen LogP contribution in [-0.4, -0.2) is 84.9 Å². The summed E-state index contributed by atoms with van der Waals surface area (Å²) in [5, 5.41) is 3.71. The molecule has 1 spiro atoms. The maximum atomic E-state index is 13.9. The minimum Gasteiger partial charge on any atom is -0.379 e. The number of carbonyl (C=O) groups is 2. The van der Waals surface area contributed by atoms with E-state index in [9.17, 15) is 22.8 Å². The molecule has 3 aliphatic heterocycles. The van der Waals surface area contributed by atoms with Gasteiger partial charge in [-0.3, -0.25) is 9.78 Å². The van der Waals surface area contributed by atoms with Gasteiger partial charge in [-0.2, -0.15) is 13.2 Å².